The fourth-order valence-electron chi connectivity index (χ4n) is 4.60. The standard InChI is InChI=1S/C23H29Cl2N5O3.C2HF3O2/c24-15-3-1-14(2-4-15)11-29-7-5-16(6-8-29)27-19-12-30(13-22(19)32)20-10-21(31)17(25)9-18(20)28-23(26)33;3-2(4,5)1(6)7/h1-4,9-10,16,19,22,27,31-32H,5-8,11-13H2,(H3,26,28,33);(H,6,7)/t19-,22-;/m1./s1. The van der Waals surface area contributed by atoms with Crippen molar-refractivity contribution in [2.45, 2.75) is 43.8 Å². The number of hydrogen-bond donors (Lipinski definition) is 6. The van der Waals surface area contributed by atoms with Crippen LogP contribution in [0.15, 0.2) is 36.4 Å². The molecule has 4 rings (SSSR count). The number of nitrogens with two attached hydrogens (primary N) is 1. The van der Waals surface area contributed by atoms with E-state index in [1.807, 2.05) is 17.0 Å². The number of phenols is 1. The Bertz CT molecular complexity index is 1180. The van der Waals surface area contributed by atoms with E-state index in [0.717, 1.165) is 37.5 Å². The first-order valence-electron chi connectivity index (χ1n) is 12.3. The second-order valence-corrected chi connectivity index (χ2v) is 10.4. The highest BCUT2D eigenvalue weighted by atomic mass is 35.5. The number of aliphatic hydroxyl groups excluding tert-OH is 1. The Labute approximate surface area is 238 Å². The number of nitrogens with zero attached hydrogens (tertiary/aromatic N) is 2. The van der Waals surface area contributed by atoms with E-state index in [4.69, 9.17) is 38.8 Å². The summed E-state index contributed by atoms with van der Waals surface area (Å²) in [5.41, 5.74) is 7.49. The third-order valence-corrected chi connectivity index (χ3v) is 7.11. The van der Waals surface area contributed by atoms with Crippen molar-refractivity contribution < 1.29 is 38.1 Å². The van der Waals surface area contributed by atoms with Crippen molar-refractivity contribution in [1.29, 1.82) is 0 Å². The van der Waals surface area contributed by atoms with Gasteiger partial charge in [0.25, 0.3) is 0 Å². The van der Waals surface area contributed by atoms with Crippen LogP contribution in [0, 0.1) is 0 Å². The minimum atomic E-state index is -5.08. The van der Waals surface area contributed by atoms with Crippen LogP contribution in [0.2, 0.25) is 10.0 Å². The van der Waals surface area contributed by atoms with Crippen molar-refractivity contribution in [3.05, 3.63) is 52.0 Å². The molecule has 0 aromatic heterocycles. The van der Waals surface area contributed by atoms with E-state index in [-0.39, 0.29) is 16.8 Å². The van der Waals surface area contributed by atoms with Crippen molar-refractivity contribution in [1.82, 2.24) is 10.2 Å². The van der Waals surface area contributed by atoms with Gasteiger partial charge in [0.1, 0.15) is 5.75 Å². The lowest BCUT2D eigenvalue weighted by molar-refractivity contribution is -0.192. The highest BCUT2D eigenvalue weighted by Crippen LogP contribution is 2.37. The van der Waals surface area contributed by atoms with Gasteiger partial charge < -0.3 is 36.6 Å². The summed E-state index contributed by atoms with van der Waals surface area (Å²) in [4.78, 5) is 24.6. The fraction of sp³-hybridized carbons (Fsp3) is 0.440. The predicted octanol–water partition coefficient (Wildman–Crippen LogP) is 3.63. The Morgan fingerprint density at radius 1 is 1.07 bits per heavy atom. The number of piperidine rings is 1. The summed E-state index contributed by atoms with van der Waals surface area (Å²) >= 11 is 12.0. The van der Waals surface area contributed by atoms with Gasteiger partial charge in [0, 0.05) is 36.8 Å². The number of carboxylic acids is 1. The zero-order valence-electron chi connectivity index (χ0n) is 21.2. The third-order valence-electron chi connectivity index (χ3n) is 6.55. The van der Waals surface area contributed by atoms with Crippen molar-refractivity contribution in [2.24, 2.45) is 5.73 Å². The van der Waals surface area contributed by atoms with Crippen LogP contribution in [0.3, 0.4) is 0 Å². The van der Waals surface area contributed by atoms with Gasteiger partial charge in [0.2, 0.25) is 0 Å². The number of anilines is 2. The summed E-state index contributed by atoms with van der Waals surface area (Å²) < 4.78 is 31.7. The maximum Gasteiger partial charge on any atom is 0.490 e. The van der Waals surface area contributed by atoms with E-state index in [0.29, 0.717) is 30.5 Å². The molecule has 2 aliphatic rings. The summed E-state index contributed by atoms with van der Waals surface area (Å²) in [5.74, 6) is -2.85. The quantitative estimate of drug-likeness (QED) is 0.272. The predicted molar refractivity (Wildman–Crippen MR) is 145 cm³/mol. The number of benzene rings is 2. The van der Waals surface area contributed by atoms with Crippen molar-refractivity contribution >= 4 is 46.6 Å². The molecule has 40 heavy (non-hydrogen) atoms. The second-order valence-electron chi connectivity index (χ2n) is 9.54. The van der Waals surface area contributed by atoms with E-state index >= 15 is 0 Å². The smallest absolute Gasteiger partial charge is 0.490 e. The molecule has 0 radical (unpaired) electrons. The molecular weight excluding hydrogens is 578 g/mol. The van der Waals surface area contributed by atoms with Crippen LogP contribution in [-0.2, 0) is 11.3 Å². The molecule has 0 unspecified atom stereocenters. The number of aromatic hydroxyl groups is 1. The van der Waals surface area contributed by atoms with Crippen LogP contribution in [-0.4, -0.2) is 82.8 Å². The normalized spacial score (nSPS) is 20.1. The van der Waals surface area contributed by atoms with Crippen LogP contribution in [0.5, 0.6) is 5.75 Å². The number of hydrogen-bond acceptors (Lipinski definition) is 7. The molecule has 15 heteroatoms. The molecule has 2 aliphatic heterocycles. The molecule has 2 heterocycles. The zero-order valence-corrected chi connectivity index (χ0v) is 22.7. The first kappa shape index (κ1) is 31.6. The molecule has 2 amide bonds. The van der Waals surface area contributed by atoms with Gasteiger partial charge in [-0.2, -0.15) is 13.2 Å². The molecule has 0 saturated carbocycles. The number of halogens is 5. The number of likely N-dealkylation sites (tertiary alicyclic amines) is 1. The Morgan fingerprint density at radius 3 is 2.23 bits per heavy atom. The Kier molecular flexibility index (Phi) is 10.7. The van der Waals surface area contributed by atoms with Crippen LogP contribution in [0.25, 0.3) is 0 Å². The van der Waals surface area contributed by atoms with Gasteiger partial charge in [-0.3, -0.25) is 4.90 Å². The number of amides is 2. The summed E-state index contributed by atoms with van der Waals surface area (Å²) in [7, 11) is 0. The third kappa shape index (κ3) is 9.03. The van der Waals surface area contributed by atoms with Gasteiger partial charge in [-0.05, 0) is 49.7 Å². The first-order chi connectivity index (χ1) is 18.7. The highest BCUT2D eigenvalue weighted by molar-refractivity contribution is 6.32. The number of phenolic OH excluding ortho intramolecular Hbond substituents is 1. The topological polar surface area (TPSA) is 151 Å². The largest absolute Gasteiger partial charge is 0.506 e. The van der Waals surface area contributed by atoms with Crippen molar-refractivity contribution in [3.63, 3.8) is 0 Å². The molecule has 2 aromatic rings. The maximum absolute atomic E-state index is 11.4. The number of nitrogens with one attached hydrogen (secondary N) is 2. The van der Waals surface area contributed by atoms with Gasteiger partial charge in [-0.25, -0.2) is 9.59 Å². The van der Waals surface area contributed by atoms with Crippen LogP contribution in [0.1, 0.15) is 18.4 Å². The summed E-state index contributed by atoms with van der Waals surface area (Å²) in [6.07, 6.45) is -3.68. The number of urea groups is 1. The van der Waals surface area contributed by atoms with E-state index in [1.165, 1.54) is 17.7 Å². The molecule has 0 bridgehead atoms. The highest BCUT2D eigenvalue weighted by Gasteiger charge is 2.38. The molecule has 2 aromatic carbocycles. The SMILES string of the molecule is NC(=O)Nc1cc(Cl)c(O)cc1N1C[C@@H](O)[C@H](NC2CCN(Cc3ccc(Cl)cc3)CC2)C1.O=C(O)C(F)(F)F. The lowest BCUT2D eigenvalue weighted by Gasteiger charge is -2.34. The van der Waals surface area contributed by atoms with E-state index in [9.17, 15) is 28.2 Å². The molecule has 10 nitrogen and oxygen atoms in total. The summed E-state index contributed by atoms with van der Waals surface area (Å²) in [5, 5.41) is 34.9. The number of primary amides is 1. The van der Waals surface area contributed by atoms with Crippen LogP contribution >= 0.6 is 23.2 Å². The number of carbonyl (C=O) groups is 2. The number of carboxylic acid groups (broad SMARTS) is 1. The molecule has 7 N–H and O–H groups in total. The Hall–Kier alpha value is -2.97. The van der Waals surface area contributed by atoms with E-state index in [1.54, 1.807) is 0 Å². The molecule has 0 spiro atoms. The maximum atomic E-state index is 11.4. The minimum Gasteiger partial charge on any atom is -0.506 e. The number of alkyl halides is 3. The van der Waals surface area contributed by atoms with Gasteiger partial charge in [0.05, 0.1) is 28.5 Å². The average molecular weight is 608 g/mol. The number of carbonyl (C=O) groups excluding carboxylic acids is 1. The van der Waals surface area contributed by atoms with Crippen molar-refractivity contribution in [3.8, 4) is 5.75 Å². The summed E-state index contributed by atoms with van der Waals surface area (Å²) in [6.45, 7) is 3.75. The molecule has 2 fully saturated rings. The average Bonchev–Trinajstić information content (AvgIpc) is 3.23. The van der Waals surface area contributed by atoms with Crippen molar-refractivity contribution in [2.75, 3.05) is 36.4 Å². The van der Waals surface area contributed by atoms with Gasteiger partial charge in [-0.1, -0.05) is 35.3 Å². The number of aliphatic hydroxyl groups is 1. The van der Waals surface area contributed by atoms with Gasteiger partial charge in [-0.15, -0.1) is 0 Å². The number of aliphatic carboxylic acids is 1. The molecular formula is C25H30Cl2F3N5O5. The van der Waals surface area contributed by atoms with Crippen LogP contribution in [0.4, 0.5) is 29.3 Å². The Morgan fingerprint density at radius 2 is 1.68 bits per heavy atom. The molecule has 2 atom stereocenters. The minimum absolute atomic E-state index is 0.0966. The lowest BCUT2D eigenvalue weighted by Crippen LogP contribution is -2.49. The zero-order chi connectivity index (χ0) is 29.6. The second kappa shape index (κ2) is 13.6. The van der Waals surface area contributed by atoms with Gasteiger partial charge in [0.15, 0.2) is 0 Å². The van der Waals surface area contributed by atoms with Crippen LogP contribution < -0.4 is 21.3 Å². The first-order valence-corrected chi connectivity index (χ1v) is 13.0. The molecule has 0 aliphatic carbocycles. The molecule has 220 valence electrons. The fourth-order valence-corrected chi connectivity index (χ4v) is 4.89. The number of rotatable bonds is 6. The van der Waals surface area contributed by atoms with Gasteiger partial charge >= 0.3 is 18.2 Å². The lowest BCUT2D eigenvalue weighted by atomic mass is 10.0. The molecule has 2 saturated heterocycles. The van der Waals surface area contributed by atoms with E-state index < -0.39 is 24.3 Å². The Balaban J connectivity index is 0.000000559. The summed E-state index contributed by atoms with van der Waals surface area (Å²) in [6, 6.07) is 10.4. The van der Waals surface area contributed by atoms with E-state index in [2.05, 4.69) is 27.7 Å². The number of β-amino-alcohol motifs (C(OH)–C–C–N with tert-alkyl or cyclic N) is 1. The monoisotopic (exact) mass is 607 g/mol.